The molecule has 0 amide bonds. The van der Waals surface area contributed by atoms with Crippen molar-refractivity contribution in [2.24, 2.45) is 0 Å². The van der Waals surface area contributed by atoms with E-state index >= 15 is 0 Å². The molecule has 0 atom stereocenters. The third kappa shape index (κ3) is 1.48. The lowest BCUT2D eigenvalue weighted by atomic mass is 10.3. The van der Waals surface area contributed by atoms with Crippen LogP contribution in [0.3, 0.4) is 0 Å². The topological polar surface area (TPSA) is 17.8 Å². The minimum absolute atomic E-state index is 1.02. The van der Waals surface area contributed by atoms with Gasteiger partial charge >= 0.3 is 0 Å². The second-order valence-corrected chi connectivity index (χ2v) is 4.13. The van der Waals surface area contributed by atoms with Crippen LogP contribution >= 0.6 is 15.9 Å². The van der Waals surface area contributed by atoms with E-state index in [-0.39, 0.29) is 0 Å². The number of nitrogens with zero attached hydrogens (tertiary/aromatic N) is 2. The summed E-state index contributed by atoms with van der Waals surface area (Å²) in [6.07, 6.45) is 3.62. The summed E-state index contributed by atoms with van der Waals surface area (Å²) in [4.78, 5) is 4.05. The summed E-state index contributed by atoms with van der Waals surface area (Å²) in [6.45, 7) is 4.19. The smallest absolute Gasteiger partial charge is 0.0628 e. The number of rotatable bonds is 1. The van der Waals surface area contributed by atoms with Gasteiger partial charge in [-0.2, -0.15) is 0 Å². The molecule has 2 aromatic heterocycles. The van der Waals surface area contributed by atoms with Crippen molar-refractivity contribution in [3.8, 4) is 5.69 Å². The molecule has 0 fully saturated rings. The Bertz CT molecular complexity index is 441. The molecular weight excluding hydrogens is 240 g/mol. The molecule has 0 saturated heterocycles. The van der Waals surface area contributed by atoms with E-state index in [9.17, 15) is 0 Å². The number of hydrogen-bond donors (Lipinski definition) is 0. The van der Waals surface area contributed by atoms with Crippen molar-refractivity contribution in [2.45, 2.75) is 13.8 Å². The molecule has 2 nitrogen and oxygen atoms in total. The second-order valence-electron chi connectivity index (χ2n) is 3.28. The molecule has 0 N–H and O–H groups in total. The molecular formula is C11H11BrN2. The van der Waals surface area contributed by atoms with E-state index in [1.54, 1.807) is 6.20 Å². The molecule has 3 heteroatoms. The van der Waals surface area contributed by atoms with Crippen LogP contribution in [0, 0.1) is 13.8 Å². The normalized spacial score (nSPS) is 10.5. The fourth-order valence-corrected chi connectivity index (χ4v) is 2.03. The third-order valence-electron chi connectivity index (χ3n) is 2.26. The lowest BCUT2D eigenvalue weighted by Gasteiger charge is -2.10. The van der Waals surface area contributed by atoms with E-state index < -0.39 is 0 Å². The summed E-state index contributed by atoms with van der Waals surface area (Å²) in [5, 5.41) is 0. The van der Waals surface area contributed by atoms with Gasteiger partial charge in [-0.1, -0.05) is 0 Å². The molecule has 0 radical (unpaired) electrons. The van der Waals surface area contributed by atoms with Crippen LogP contribution in [0.2, 0.25) is 0 Å². The van der Waals surface area contributed by atoms with Crippen molar-refractivity contribution in [3.05, 3.63) is 46.5 Å². The van der Waals surface area contributed by atoms with Gasteiger partial charge < -0.3 is 4.57 Å². The molecule has 14 heavy (non-hydrogen) atoms. The Kier molecular flexibility index (Phi) is 2.42. The van der Waals surface area contributed by atoms with E-state index in [0.29, 0.717) is 0 Å². The zero-order valence-electron chi connectivity index (χ0n) is 8.16. The maximum atomic E-state index is 4.05. The Labute approximate surface area is 91.7 Å². The van der Waals surface area contributed by atoms with Crippen LogP contribution in [0.15, 0.2) is 35.1 Å². The van der Waals surface area contributed by atoms with Crippen molar-refractivity contribution >= 4 is 15.9 Å². The molecule has 2 heterocycles. The van der Waals surface area contributed by atoms with Crippen LogP contribution in [0.4, 0.5) is 0 Å². The first kappa shape index (κ1) is 9.46. The number of halogens is 1. The first-order valence-corrected chi connectivity index (χ1v) is 5.24. The van der Waals surface area contributed by atoms with Gasteiger partial charge in [-0.05, 0) is 48.0 Å². The molecule has 0 bridgehead atoms. The lowest BCUT2D eigenvalue weighted by Crippen LogP contribution is -1.99. The van der Waals surface area contributed by atoms with Crippen LogP contribution in [0.25, 0.3) is 5.69 Å². The largest absolute Gasteiger partial charge is 0.317 e. The van der Waals surface area contributed by atoms with Crippen LogP contribution in [0.1, 0.15) is 11.4 Å². The number of aromatic nitrogens is 2. The van der Waals surface area contributed by atoms with Gasteiger partial charge in [0.25, 0.3) is 0 Å². The minimum Gasteiger partial charge on any atom is -0.317 e. The molecule has 0 aliphatic heterocycles. The Balaban J connectivity index is 2.66. The van der Waals surface area contributed by atoms with Gasteiger partial charge in [0, 0.05) is 23.8 Å². The molecule has 0 spiro atoms. The average molecular weight is 251 g/mol. The Morgan fingerprint density at radius 1 is 1.14 bits per heavy atom. The SMILES string of the molecule is Cc1ccc(C)n1-c1ccncc1Br. The van der Waals surface area contributed by atoms with Gasteiger partial charge in [0.2, 0.25) is 0 Å². The van der Waals surface area contributed by atoms with Gasteiger partial charge in [-0.25, -0.2) is 0 Å². The Morgan fingerprint density at radius 3 is 2.36 bits per heavy atom. The first-order valence-electron chi connectivity index (χ1n) is 4.45. The number of hydrogen-bond acceptors (Lipinski definition) is 1. The number of pyridine rings is 1. The van der Waals surface area contributed by atoms with E-state index in [1.165, 1.54) is 11.4 Å². The second kappa shape index (κ2) is 3.58. The van der Waals surface area contributed by atoms with Gasteiger partial charge in [-0.3, -0.25) is 4.98 Å². The number of aryl methyl sites for hydroxylation is 2. The molecule has 2 aromatic rings. The standard InChI is InChI=1S/C11H11BrN2/c1-8-3-4-9(2)14(8)11-5-6-13-7-10(11)12/h3-7H,1-2H3. The van der Waals surface area contributed by atoms with Gasteiger partial charge in [0.15, 0.2) is 0 Å². The highest BCUT2D eigenvalue weighted by Crippen LogP contribution is 2.23. The van der Waals surface area contributed by atoms with E-state index in [2.05, 4.69) is 51.5 Å². The third-order valence-corrected chi connectivity index (χ3v) is 2.87. The van der Waals surface area contributed by atoms with Crippen molar-refractivity contribution in [1.29, 1.82) is 0 Å². The van der Waals surface area contributed by atoms with Gasteiger partial charge in [0.1, 0.15) is 0 Å². The van der Waals surface area contributed by atoms with Crippen molar-refractivity contribution in [1.82, 2.24) is 9.55 Å². The average Bonchev–Trinajstić information content (AvgIpc) is 2.48. The van der Waals surface area contributed by atoms with Crippen molar-refractivity contribution < 1.29 is 0 Å². The molecule has 0 saturated carbocycles. The highest BCUT2D eigenvalue weighted by atomic mass is 79.9. The minimum atomic E-state index is 1.02. The van der Waals surface area contributed by atoms with Crippen LogP contribution in [0.5, 0.6) is 0 Å². The predicted octanol–water partition coefficient (Wildman–Crippen LogP) is 3.25. The molecule has 0 aliphatic rings. The summed E-state index contributed by atoms with van der Waals surface area (Å²) in [5.41, 5.74) is 3.60. The molecule has 2 rings (SSSR count). The highest BCUT2D eigenvalue weighted by Gasteiger charge is 2.06. The Morgan fingerprint density at radius 2 is 1.79 bits per heavy atom. The quantitative estimate of drug-likeness (QED) is 0.760. The Hall–Kier alpha value is -1.09. The maximum absolute atomic E-state index is 4.05. The lowest BCUT2D eigenvalue weighted by molar-refractivity contribution is 0.955. The van der Waals surface area contributed by atoms with Crippen molar-refractivity contribution in [2.75, 3.05) is 0 Å². The fraction of sp³-hybridized carbons (Fsp3) is 0.182. The zero-order valence-corrected chi connectivity index (χ0v) is 9.75. The molecule has 0 aliphatic carbocycles. The zero-order chi connectivity index (χ0) is 10.1. The fourth-order valence-electron chi connectivity index (χ4n) is 1.60. The van der Waals surface area contributed by atoms with E-state index in [0.717, 1.165) is 10.2 Å². The molecule has 72 valence electrons. The molecule has 0 aromatic carbocycles. The van der Waals surface area contributed by atoms with Crippen LogP contribution in [-0.2, 0) is 0 Å². The molecule has 0 unspecified atom stereocenters. The summed E-state index contributed by atoms with van der Waals surface area (Å²) in [6, 6.07) is 6.23. The summed E-state index contributed by atoms with van der Waals surface area (Å²) in [5.74, 6) is 0. The van der Waals surface area contributed by atoms with E-state index in [4.69, 9.17) is 0 Å². The summed E-state index contributed by atoms with van der Waals surface area (Å²) >= 11 is 3.50. The van der Waals surface area contributed by atoms with Crippen molar-refractivity contribution in [3.63, 3.8) is 0 Å². The summed E-state index contributed by atoms with van der Waals surface area (Å²) < 4.78 is 3.22. The van der Waals surface area contributed by atoms with Gasteiger partial charge in [-0.15, -0.1) is 0 Å². The van der Waals surface area contributed by atoms with Gasteiger partial charge in [0.05, 0.1) is 10.2 Å². The van der Waals surface area contributed by atoms with Crippen LogP contribution < -0.4 is 0 Å². The summed E-state index contributed by atoms with van der Waals surface area (Å²) in [7, 11) is 0. The first-order chi connectivity index (χ1) is 6.70. The van der Waals surface area contributed by atoms with Crippen LogP contribution in [-0.4, -0.2) is 9.55 Å². The maximum Gasteiger partial charge on any atom is 0.0628 e. The predicted molar refractivity (Wildman–Crippen MR) is 60.7 cm³/mol. The van der Waals surface area contributed by atoms with E-state index in [1.807, 2.05) is 12.3 Å². The highest BCUT2D eigenvalue weighted by molar-refractivity contribution is 9.10. The monoisotopic (exact) mass is 250 g/mol.